The molecular weight excluding hydrogens is 364 g/mol. The molecule has 0 aliphatic rings. The lowest BCUT2D eigenvalue weighted by Crippen LogP contribution is -2.15. The zero-order valence-electron chi connectivity index (χ0n) is 16.6. The first-order valence-electron chi connectivity index (χ1n) is 9.54. The van der Waals surface area contributed by atoms with Crippen molar-refractivity contribution in [3.8, 4) is 0 Å². The number of amides is 1. The molecule has 150 valence electrons. The minimum Gasteiger partial charge on any atom is -0.369 e. The van der Waals surface area contributed by atoms with Gasteiger partial charge in [0.15, 0.2) is 0 Å². The van der Waals surface area contributed by atoms with Crippen molar-refractivity contribution in [1.82, 2.24) is 9.97 Å². The average Bonchev–Trinajstić information content (AvgIpc) is 2.72. The van der Waals surface area contributed by atoms with Gasteiger partial charge in [0, 0.05) is 43.1 Å². The van der Waals surface area contributed by atoms with E-state index >= 15 is 0 Å². The minimum absolute atomic E-state index is 0.121. The van der Waals surface area contributed by atoms with Gasteiger partial charge in [-0.25, -0.2) is 4.98 Å². The largest absolute Gasteiger partial charge is 0.369 e. The van der Waals surface area contributed by atoms with Gasteiger partial charge in [0.1, 0.15) is 5.82 Å². The number of nitrogens with one attached hydrogen (secondary N) is 3. The molecule has 0 aliphatic carbocycles. The smallest absolute Gasteiger partial charge is 0.229 e. The van der Waals surface area contributed by atoms with Gasteiger partial charge < -0.3 is 21.7 Å². The SMILES string of the molecule is CC(=O)Nc1cccc(Nc2ncc(CN)c(NCC(C)c3ccccc3)n2)c1. The number of hydrogen-bond acceptors (Lipinski definition) is 6. The molecular formula is C22H26N6O. The minimum atomic E-state index is -0.121. The van der Waals surface area contributed by atoms with E-state index in [-0.39, 0.29) is 5.91 Å². The van der Waals surface area contributed by atoms with Gasteiger partial charge in [-0.15, -0.1) is 0 Å². The standard InChI is InChI=1S/C22H26N6O/c1-15(17-7-4-3-5-8-17)13-24-21-18(12-23)14-25-22(28-21)27-20-10-6-9-19(11-20)26-16(2)29/h3-11,14-15H,12-13,23H2,1-2H3,(H,26,29)(H2,24,25,27,28). The second-order valence-electron chi connectivity index (χ2n) is 6.85. The Labute approximate surface area is 170 Å². The molecule has 0 bridgehead atoms. The molecule has 1 heterocycles. The van der Waals surface area contributed by atoms with Gasteiger partial charge in [-0.3, -0.25) is 4.79 Å². The van der Waals surface area contributed by atoms with Crippen molar-refractivity contribution >= 4 is 29.0 Å². The Kier molecular flexibility index (Phi) is 6.76. The van der Waals surface area contributed by atoms with Gasteiger partial charge in [0.05, 0.1) is 0 Å². The summed E-state index contributed by atoms with van der Waals surface area (Å²) < 4.78 is 0. The maximum Gasteiger partial charge on any atom is 0.229 e. The van der Waals surface area contributed by atoms with E-state index in [0.29, 0.717) is 29.9 Å². The molecule has 0 spiro atoms. The van der Waals surface area contributed by atoms with Crippen LogP contribution in [0, 0.1) is 0 Å². The molecule has 1 atom stereocenters. The van der Waals surface area contributed by atoms with Gasteiger partial charge in [0.25, 0.3) is 0 Å². The van der Waals surface area contributed by atoms with Crippen LogP contribution in [0.4, 0.5) is 23.1 Å². The van der Waals surface area contributed by atoms with Crippen molar-refractivity contribution in [1.29, 1.82) is 0 Å². The summed E-state index contributed by atoms with van der Waals surface area (Å²) in [5, 5.41) is 9.33. The van der Waals surface area contributed by atoms with Crippen molar-refractivity contribution in [2.45, 2.75) is 26.3 Å². The summed E-state index contributed by atoms with van der Waals surface area (Å²) in [6.07, 6.45) is 1.72. The number of nitrogens with two attached hydrogens (primary N) is 1. The molecule has 0 saturated heterocycles. The van der Waals surface area contributed by atoms with Crippen LogP contribution in [-0.2, 0) is 11.3 Å². The number of hydrogen-bond donors (Lipinski definition) is 4. The lowest BCUT2D eigenvalue weighted by molar-refractivity contribution is -0.114. The third-order valence-electron chi connectivity index (χ3n) is 4.47. The van der Waals surface area contributed by atoms with Crippen LogP contribution in [0.25, 0.3) is 0 Å². The molecule has 7 heteroatoms. The lowest BCUT2D eigenvalue weighted by Gasteiger charge is -2.16. The number of anilines is 4. The maximum atomic E-state index is 11.3. The second kappa shape index (κ2) is 9.66. The van der Waals surface area contributed by atoms with E-state index in [0.717, 1.165) is 17.8 Å². The van der Waals surface area contributed by atoms with E-state index in [1.54, 1.807) is 6.20 Å². The molecule has 1 amide bonds. The summed E-state index contributed by atoms with van der Waals surface area (Å²) in [6, 6.07) is 17.7. The van der Waals surface area contributed by atoms with E-state index in [1.165, 1.54) is 12.5 Å². The van der Waals surface area contributed by atoms with Gasteiger partial charge in [-0.05, 0) is 29.7 Å². The summed E-state index contributed by atoms with van der Waals surface area (Å²) in [4.78, 5) is 20.2. The fourth-order valence-electron chi connectivity index (χ4n) is 2.93. The van der Waals surface area contributed by atoms with E-state index in [9.17, 15) is 4.79 Å². The van der Waals surface area contributed by atoms with E-state index in [4.69, 9.17) is 5.73 Å². The second-order valence-corrected chi connectivity index (χ2v) is 6.85. The van der Waals surface area contributed by atoms with Gasteiger partial charge in [-0.1, -0.05) is 43.3 Å². The van der Waals surface area contributed by atoms with Crippen LogP contribution in [0.3, 0.4) is 0 Å². The Balaban J connectivity index is 1.72. The molecule has 3 aromatic rings. The monoisotopic (exact) mass is 390 g/mol. The van der Waals surface area contributed by atoms with E-state index < -0.39 is 0 Å². The predicted octanol–water partition coefficient (Wildman–Crippen LogP) is 3.85. The molecule has 5 N–H and O–H groups in total. The number of carbonyl (C=O) groups excluding carboxylic acids is 1. The van der Waals surface area contributed by atoms with Crippen LogP contribution < -0.4 is 21.7 Å². The summed E-state index contributed by atoms with van der Waals surface area (Å²) in [6.45, 7) is 4.72. The topological polar surface area (TPSA) is 105 Å². The summed E-state index contributed by atoms with van der Waals surface area (Å²) >= 11 is 0. The molecule has 29 heavy (non-hydrogen) atoms. The number of rotatable bonds is 8. The van der Waals surface area contributed by atoms with Crippen LogP contribution >= 0.6 is 0 Å². The Morgan fingerprint density at radius 1 is 1.10 bits per heavy atom. The van der Waals surface area contributed by atoms with Crippen molar-refractivity contribution in [2.24, 2.45) is 5.73 Å². The highest BCUT2D eigenvalue weighted by Gasteiger charge is 2.10. The highest BCUT2D eigenvalue weighted by molar-refractivity contribution is 5.89. The zero-order valence-corrected chi connectivity index (χ0v) is 16.6. The number of nitrogens with zero attached hydrogens (tertiary/aromatic N) is 2. The normalized spacial score (nSPS) is 11.6. The summed E-state index contributed by atoms with van der Waals surface area (Å²) in [5.41, 5.74) is 9.45. The lowest BCUT2D eigenvalue weighted by atomic mass is 10.0. The van der Waals surface area contributed by atoms with Crippen LogP contribution in [0.15, 0.2) is 60.8 Å². The quantitative estimate of drug-likeness (QED) is 0.466. The maximum absolute atomic E-state index is 11.3. The third kappa shape index (κ3) is 5.76. The van der Waals surface area contributed by atoms with Crippen LogP contribution in [-0.4, -0.2) is 22.4 Å². The van der Waals surface area contributed by atoms with Crippen molar-refractivity contribution in [3.05, 3.63) is 71.9 Å². The highest BCUT2D eigenvalue weighted by Crippen LogP contribution is 2.21. The van der Waals surface area contributed by atoms with Gasteiger partial charge >= 0.3 is 0 Å². The van der Waals surface area contributed by atoms with Crippen molar-refractivity contribution < 1.29 is 4.79 Å². The van der Waals surface area contributed by atoms with E-state index in [2.05, 4.69) is 45.0 Å². The fraction of sp³-hybridized carbons (Fsp3) is 0.227. The molecule has 1 unspecified atom stereocenters. The zero-order chi connectivity index (χ0) is 20.6. The Morgan fingerprint density at radius 2 is 1.86 bits per heavy atom. The van der Waals surface area contributed by atoms with Crippen LogP contribution in [0.5, 0.6) is 0 Å². The fourth-order valence-corrected chi connectivity index (χ4v) is 2.93. The molecule has 0 saturated carbocycles. The first-order chi connectivity index (χ1) is 14.0. The molecule has 3 rings (SSSR count). The Bertz CT molecular complexity index is 961. The molecule has 0 radical (unpaired) electrons. The van der Waals surface area contributed by atoms with Crippen LogP contribution in [0.2, 0.25) is 0 Å². The predicted molar refractivity (Wildman–Crippen MR) is 117 cm³/mol. The first kappa shape index (κ1) is 20.3. The Hall–Kier alpha value is -3.45. The highest BCUT2D eigenvalue weighted by atomic mass is 16.1. The Morgan fingerprint density at radius 3 is 2.59 bits per heavy atom. The molecule has 0 aliphatic heterocycles. The number of carbonyl (C=O) groups is 1. The van der Waals surface area contributed by atoms with Crippen LogP contribution in [0.1, 0.15) is 30.9 Å². The van der Waals surface area contributed by atoms with Gasteiger partial charge in [0.2, 0.25) is 11.9 Å². The third-order valence-corrected chi connectivity index (χ3v) is 4.47. The molecule has 0 fully saturated rings. The van der Waals surface area contributed by atoms with Gasteiger partial charge in [-0.2, -0.15) is 4.98 Å². The summed E-state index contributed by atoms with van der Waals surface area (Å²) in [5.74, 6) is 1.37. The molecule has 1 aromatic heterocycles. The molecule has 2 aromatic carbocycles. The van der Waals surface area contributed by atoms with Crippen molar-refractivity contribution in [2.75, 3.05) is 22.5 Å². The van der Waals surface area contributed by atoms with E-state index in [1.807, 2.05) is 42.5 Å². The first-order valence-corrected chi connectivity index (χ1v) is 9.54. The average molecular weight is 390 g/mol. The summed E-state index contributed by atoms with van der Waals surface area (Å²) in [7, 11) is 0. The molecule has 7 nitrogen and oxygen atoms in total. The number of aromatic nitrogens is 2. The number of benzene rings is 2. The van der Waals surface area contributed by atoms with Crippen molar-refractivity contribution in [3.63, 3.8) is 0 Å².